The minimum absolute atomic E-state index is 0.273. The summed E-state index contributed by atoms with van der Waals surface area (Å²) in [6.45, 7) is 4.38. The Morgan fingerprint density at radius 1 is 1.29 bits per heavy atom. The lowest BCUT2D eigenvalue weighted by Gasteiger charge is -2.14. The first-order valence-electron chi connectivity index (χ1n) is 5.27. The molecule has 1 atom stereocenters. The normalized spacial score (nSPS) is 31.1. The Labute approximate surface area is 84.5 Å². The molecule has 2 heterocycles. The van der Waals surface area contributed by atoms with Crippen LogP contribution in [0.25, 0.3) is 0 Å². The second-order valence-electron chi connectivity index (χ2n) is 4.42. The molecule has 2 aliphatic rings. The van der Waals surface area contributed by atoms with E-state index in [4.69, 9.17) is 4.74 Å². The molecule has 2 nitrogen and oxygen atoms in total. The molecule has 2 heteroatoms. The van der Waals surface area contributed by atoms with Crippen LogP contribution in [-0.2, 0) is 11.3 Å². The van der Waals surface area contributed by atoms with Crippen LogP contribution in [0.15, 0.2) is 30.3 Å². The summed E-state index contributed by atoms with van der Waals surface area (Å²) in [5.74, 6) is 0. The molecule has 0 aliphatic carbocycles. The zero-order valence-electron chi connectivity index (χ0n) is 8.28. The van der Waals surface area contributed by atoms with Crippen molar-refractivity contribution in [2.75, 3.05) is 19.7 Å². The van der Waals surface area contributed by atoms with Gasteiger partial charge in [-0.25, -0.2) is 0 Å². The molecule has 2 saturated heterocycles. The smallest absolute Gasteiger partial charge is 0.105 e. The molecule has 1 spiro atoms. The molecule has 0 radical (unpaired) electrons. The molecule has 2 fully saturated rings. The molecule has 0 aromatic heterocycles. The van der Waals surface area contributed by atoms with Crippen molar-refractivity contribution in [3.63, 3.8) is 0 Å². The maximum Gasteiger partial charge on any atom is 0.105 e. The average molecular weight is 189 g/mol. The number of likely N-dealkylation sites (tertiary alicyclic amines) is 1. The van der Waals surface area contributed by atoms with E-state index in [1.165, 1.54) is 18.5 Å². The van der Waals surface area contributed by atoms with Crippen LogP contribution in [0.1, 0.15) is 12.0 Å². The van der Waals surface area contributed by atoms with Crippen molar-refractivity contribution in [1.82, 2.24) is 4.90 Å². The maximum atomic E-state index is 5.48. The van der Waals surface area contributed by atoms with Crippen molar-refractivity contribution in [1.29, 1.82) is 0 Å². The van der Waals surface area contributed by atoms with Crippen molar-refractivity contribution >= 4 is 0 Å². The fourth-order valence-electron chi connectivity index (χ4n) is 2.24. The van der Waals surface area contributed by atoms with Crippen molar-refractivity contribution in [3.05, 3.63) is 35.9 Å². The third-order valence-corrected chi connectivity index (χ3v) is 3.20. The SMILES string of the molecule is c1ccc(CN2CC[C@@]3(CO3)C2)cc1. The summed E-state index contributed by atoms with van der Waals surface area (Å²) < 4.78 is 5.48. The van der Waals surface area contributed by atoms with Crippen LogP contribution < -0.4 is 0 Å². The highest BCUT2D eigenvalue weighted by atomic mass is 16.6. The van der Waals surface area contributed by atoms with E-state index in [1.807, 2.05) is 0 Å². The predicted octanol–water partition coefficient (Wildman–Crippen LogP) is 1.66. The van der Waals surface area contributed by atoms with Crippen LogP contribution in [0.2, 0.25) is 0 Å². The third-order valence-electron chi connectivity index (χ3n) is 3.20. The zero-order valence-corrected chi connectivity index (χ0v) is 8.28. The molecule has 0 saturated carbocycles. The van der Waals surface area contributed by atoms with Gasteiger partial charge in [0.2, 0.25) is 0 Å². The van der Waals surface area contributed by atoms with Crippen molar-refractivity contribution in [3.8, 4) is 0 Å². The number of benzene rings is 1. The molecule has 0 unspecified atom stereocenters. The van der Waals surface area contributed by atoms with Gasteiger partial charge in [-0.2, -0.15) is 0 Å². The van der Waals surface area contributed by atoms with E-state index in [1.54, 1.807) is 0 Å². The van der Waals surface area contributed by atoms with Crippen LogP contribution in [0, 0.1) is 0 Å². The highest BCUT2D eigenvalue weighted by Gasteiger charge is 2.49. The van der Waals surface area contributed by atoms with Crippen molar-refractivity contribution in [2.24, 2.45) is 0 Å². The van der Waals surface area contributed by atoms with Crippen LogP contribution in [-0.4, -0.2) is 30.2 Å². The first-order chi connectivity index (χ1) is 6.86. The fraction of sp³-hybridized carbons (Fsp3) is 0.500. The predicted molar refractivity (Wildman–Crippen MR) is 55.0 cm³/mol. The Bertz CT molecular complexity index is 318. The van der Waals surface area contributed by atoms with Crippen LogP contribution in [0.4, 0.5) is 0 Å². The summed E-state index contributed by atoms with van der Waals surface area (Å²) in [6, 6.07) is 10.7. The highest BCUT2D eigenvalue weighted by Crippen LogP contribution is 2.37. The molecule has 2 aliphatic heterocycles. The Hall–Kier alpha value is -0.860. The van der Waals surface area contributed by atoms with E-state index in [0.29, 0.717) is 0 Å². The number of ether oxygens (including phenoxy) is 1. The van der Waals surface area contributed by atoms with Gasteiger partial charge in [0.15, 0.2) is 0 Å². The molecule has 0 bridgehead atoms. The van der Waals surface area contributed by atoms with Gasteiger partial charge in [0, 0.05) is 19.6 Å². The number of epoxide rings is 1. The molecule has 14 heavy (non-hydrogen) atoms. The topological polar surface area (TPSA) is 15.8 Å². The van der Waals surface area contributed by atoms with E-state index in [-0.39, 0.29) is 5.60 Å². The largest absolute Gasteiger partial charge is 0.368 e. The Morgan fingerprint density at radius 3 is 2.71 bits per heavy atom. The molecular formula is C12H15NO. The molecule has 74 valence electrons. The summed E-state index contributed by atoms with van der Waals surface area (Å²) in [4.78, 5) is 2.49. The molecule has 1 aromatic carbocycles. The maximum absolute atomic E-state index is 5.48. The molecular weight excluding hydrogens is 174 g/mol. The lowest BCUT2D eigenvalue weighted by molar-refractivity contribution is 0.271. The summed E-state index contributed by atoms with van der Waals surface area (Å²) in [6.07, 6.45) is 1.22. The minimum atomic E-state index is 0.273. The quantitative estimate of drug-likeness (QED) is 0.658. The number of rotatable bonds is 2. The standard InChI is InChI=1S/C12H15NO/c1-2-4-11(5-3-1)8-13-7-6-12(9-13)10-14-12/h1-5H,6-10H2/t12-/m0/s1. The first-order valence-corrected chi connectivity index (χ1v) is 5.27. The van der Waals surface area contributed by atoms with Gasteiger partial charge in [0.05, 0.1) is 6.61 Å². The summed E-state index contributed by atoms with van der Waals surface area (Å²) >= 11 is 0. The van der Waals surface area contributed by atoms with Gasteiger partial charge in [-0.3, -0.25) is 4.90 Å². The monoisotopic (exact) mass is 189 g/mol. The Kier molecular flexibility index (Phi) is 1.85. The van der Waals surface area contributed by atoms with Gasteiger partial charge in [-0.1, -0.05) is 30.3 Å². The van der Waals surface area contributed by atoms with Crippen molar-refractivity contribution < 1.29 is 4.74 Å². The average Bonchev–Trinajstić information content (AvgIpc) is 2.84. The van der Waals surface area contributed by atoms with Gasteiger partial charge in [0.1, 0.15) is 5.60 Å². The van der Waals surface area contributed by atoms with E-state index in [9.17, 15) is 0 Å². The van der Waals surface area contributed by atoms with Crippen LogP contribution in [0.3, 0.4) is 0 Å². The third kappa shape index (κ3) is 1.56. The molecule has 0 amide bonds. The van der Waals surface area contributed by atoms with Crippen molar-refractivity contribution in [2.45, 2.75) is 18.6 Å². The first kappa shape index (κ1) is 8.45. The van der Waals surface area contributed by atoms with Gasteiger partial charge < -0.3 is 4.74 Å². The van der Waals surface area contributed by atoms with Gasteiger partial charge in [-0.15, -0.1) is 0 Å². The van der Waals surface area contributed by atoms with Gasteiger partial charge >= 0.3 is 0 Å². The number of hydrogen-bond acceptors (Lipinski definition) is 2. The number of hydrogen-bond donors (Lipinski definition) is 0. The van der Waals surface area contributed by atoms with Crippen LogP contribution in [0.5, 0.6) is 0 Å². The van der Waals surface area contributed by atoms with E-state index in [0.717, 1.165) is 19.7 Å². The van der Waals surface area contributed by atoms with Gasteiger partial charge in [-0.05, 0) is 12.0 Å². The lowest BCUT2D eigenvalue weighted by atomic mass is 10.1. The van der Waals surface area contributed by atoms with Crippen LogP contribution >= 0.6 is 0 Å². The second kappa shape index (κ2) is 3.07. The second-order valence-corrected chi connectivity index (χ2v) is 4.42. The molecule has 1 aromatic rings. The molecule has 3 rings (SSSR count). The van der Waals surface area contributed by atoms with E-state index in [2.05, 4.69) is 35.2 Å². The minimum Gasteiger partial charge on any atom is -0.368 e. The summed E-state index contributed by atoms with van der Waals surface area (Å²) in [5.41, 5.74) is 1.68. The lowest BCUT2D eigenvalue weighted by Crippen LogP contribution is -2.22. The van der Waals surface area contributed by atoms with Gasteiger partial charge in [0.25, 0.3) is 0 Å². The highest BCUT2D eigenvalue weighted by molar-refractivity contribution is 5.15. The Balaban J connectivity index is 1.63. The zero-order chi connectivity index (χ0) is 9.43. The Morgan fingerprint density at radius 2 is 2.07 bits per heavy atom. The van der Waals surface area contributed by atoms with E-state index >= 15 is 0 Å². The summed E-state index contributed by atoms with van der Waals surface area (Å²) in [5, 5.41) is 0. The summed E-state index contributed by atoms with van der Waals surface area (Å²) in [7, 11) is 0. The van der Waals surface area contributed by atoms with E-state index < -0.39 is 0 Å². The molecule has 0 N–H and O–H groups in total. The fourth-order valence-corrected chi connectivity index (χ4v) is 2.24. The number of nitrogens with zero attached hydrogens (tertiary/aromatic N) is 1.